The lowest BCUT2D eigenvalue weighted by molar-refractivity contribution is 0.634. The Balaban J connectivity index is 2.12. The molecule has 0 fully saturated rings. The molecule has 1 nitrogen and oxygen atoms in total. The van der Waals surface area contributed by atoms with E-state index in [0.29, 0.717) is 0 Å². The van der Waals surface area contributed by atoms with Gasteiger partial charge in [-0.05, 0) is 19.3 Å². The molecule has 0 saturated carbocycles. The van der Waals surface area contributed by atoms with Crippen LogP contribution in [0.2, 0.25) is 0 Å². The third-order valence-corrected chi connectivity index (χ3v) is 3.63. The quantitative estimate of drug-likeness (QED) is 0.615. The van der Waals surface area contributed by atoms with Crippen molar-refractivity contribution in [2.75, 3.05) is 0 Å². The van der Waals surface area contributed by atoms with Gasteiger partial charge in [0.05, 0.1) is 5.01 Å². The Morgan fingerprint density at radius 1 is 1.14 bits per heavy atom. The molecule has 0 radical (unpaired) electrons. The number of aryl methyl sites for hydroxylation is 2. The summed E-state index contributed by atoms with van der Waals surface area (Å²) < 4.78 is 0. The lowest BCUT2D eigenvalue weighted by Crippen LogP contribution is -1.81. The summed E-state index contributed by atoms with van der Waals surface area (Å²) in [6.07, 6.45) is 11.2. The van der Waals surface area contributed by atoms with Crippen LogP contribution in [-0.4, -0.2) is 4.98 Å². The summed E-state index contributed by atoms with van der Waals surface area (Å²) >= 11 is 1.89. The zero-order valence-electron chi connectivity index (χ0n) is 9.38. The second-order valence-corrected chi connectivity index (χ2v) is 4.94. The van der Waals surface area contributed by atoms with E-state index in [4.69, 9.17) is 0 Å². The molecule has 0 aliphatic heterocycles. The Hall–Kier alpha value is -0.370. The van der Waals surface area contributed by atoms with Gasteiger partial charge in [0.25, 0.3) is 0 Å². The molecule has 0 atom stereocenters. The van der Waals surface area contributed by atoms with Gasteiger partial charge >= 0.3 is 0 Å². The Bertz CT molecular complexity index is 242. The fourth-order valence-corrected chi connectivity index (χ4v) is 2.43. The second kappa shape index (κ2) is 6.99. The summed E-state index contributed by atoms with van der Waals surface area (Å²) in [4.78, 5) is 5.84. The first kappa shape index (κ1) is 11.7. The van der Waals surface area contributed by atoms with Crippen molar-refractivity contribution in [3.8, 4) is 0 Å². The molecule has 0 N–H and O–H groups in total. The van der Waals surface area contributed by atoms with Crippen LogP contribution in [0.4, 0.5) is 0 Å². The van der Waals surface area contributed by atoms with Crippen molar-refractivity contribution in [2.24, 2.45) is 0 Å². The highest BCUT2D eigenvalue weighted by atomic mass is 32.1. The van der Waals surface area contributed by atoms with E-state index in [-0.39, 0.29) is 0 Å². The van der Waals surface area contributed by atoms with E-state index in [9.17, 15) is 0 Å². The second-order valence-electron chi connectivity index (χ2n) is 3.74. The fraction of sp³-hybridized carbons (Fsp3) is 0.750. The molecule has 1 rings (SSSR count). The Labute approximate surface area is 91.6 Å². The van der Waals surface area contributed by atoms with Crippen LogP contribution in [0.25, 0.3) is 0 Å². The van der Waals surface area contributed by atoms with Crippen molar-refractivity contribution in [1.82, 2.24) is 4.98 Å². The molecule has 0 amide bonds. The zero-order valence-corrected chi connectivity index (χ0v) is 10.2. The average molecular weight is 211 g/mol. The first-order valence-corrected chi connectivity index (χ1v) is 6.62. The largest absolute Gasteiger partial charge is 0.249 e. The van der Waals surface area contributed by atoms with Crippen molar-refractivity contribution < 1.29 is 0 Å². The minimum absolute atomic E-state index is 1.08. The van der Waals surface area contributed by atoms with E-state index in [1.165, 1.54) is 48.4 Å². The molecule has 0 saturated heterocycles. The van der Waals surface area contributed by atoms with Gasteiger partial charge in [0, 0.05) is 11.1 Å². The highest BCUT2D eigenvalue weighted by molar-refractivity contribution is 7.11. The maximum Gasteiger partial charge on any atom is 0.0924 e. The lowest BCUT2D eigenvalue weighted by Gasteiger charge is -1.97. The summed E-state index contributed by atoms with van der Waals surface area (Å²) in [5.74, 6) is 0. The van der Waals surface area contributed by atoms with Crippen molar-refractivity contribution in [2.45, 2.75) is 58.8 Å². The van der Waals surface area contributed by atoms with Gasteiger partial charge in [0.1, 0.15) is 0 Å². The maximum atomic E-state index is 4.37. The molecule has 1 aromatic rings. The van der Waals surface area contributed by atoms with E-state index >= 15 is 0 Å². The zero-order chi connectivity index (χ0) is 10.2. The van der Waals surface area contributed by atoms with E-state index in [0.717, 1.165) is 6.42 Å². The Morgan fingerprint density at radius 2 is 1.93 bits per heavy atom. The average Bonchev–Trinajstić information content (AvgIpc) is 2.65. The van der Waals surface area contributed by atoms with Gasteiger partial charge in [0.15, 0.2) is 0 Å². The predicted molar refractivity (Wildman–Crippen MR) is 64.0 cm³/mol. The van der Waals surface area contributed by atoms with E-state index in [1.807, 2.05) is 11.3 Å². The van der Waals surface area contributed by atoms with Gasteiger partial charge in [0.2, 0.25) is 0 Å². The minimum Gasteiger partial charge on any atom is -0.249 e. The molecule has 0 aliphatic carbocycles. The molecule has 0 unspecified atom stereocenters. The SMILES string of the molecule is CCCCCCCc1cnc(CC)s1. The maximum absolute atomic E-state index is 4.37. The first-order chi connectivity index (χ1) is 6.86. The van der Waals surface area contributed by atoms with Gasteiger partial charge in [-0.15, -0.1) is 11.3 Å². The van der Waals surface area contributed by atoms with Gasteiger partial charge < -0.3 is 0 Å². The third kappa shape index (κ3) is 4.23. The number of aromatic nitrogens is 1. The minimum atomic E-state index is 1.08. The molecule has 0 aliphatic rings. The molecule has 2 heteroatoms. The third-order valence-electron chi connectivity index (χ3n) is 2.43. The van der Waals surface area contributed by atoms with Gasteiger partial charge in [-0.3, -0.25) is 0 Å². The highest BCUT2D eigenvalue weighted by Gasteiger charge is 1.99. The molecular formula is C12H21NS. The van der Waals surface area contributed by atoms with Crippen LogP contribution in [0.1, 0.15) is 55.8 Å². The standard InChI is InChI=1S/C12H21NS/c1-3-5-6-7-8-9-11-10-13-12(4-2)14-11/h10H,3-9H2,1-2H3. The molecule has 0 spiro atoms. The lowest BCUT2D eigenvalue weighted by atomic mass is 10.1. The smallest absolute Gasteiger partial charge is 0.0924 e. The van der Waals surface area contributed by atoms with Gasteiger partial charge in [-0.2, -0.15) is 0 Å². The van der Waals surface area contributed by atoms with Crippen LogP contribution < -0.4 is 0 Å². The summed E-state index contributed by atoms with van der Waals surface area (Å²) in [5.41, 5.74) is 0. The van der Waals surface area contributed by atoms with Crippen LogP contribution in [0, 0.1) is 0 Å². The topological polar surface area (TPSA) is 12.9 Å². The van der Waals surface area contributed by atoms with Crippen LogP contribution in [0.15, 0.2) is 6.20 Å². The van der Waals surface area contributed by atoms with Crippen LogP contribution in [0.3, 0.4) is 0 Å². The van der Waals surface area contributed by atoms with Gasteiger partial charge in [-0.25, -0.2) is 4.98 Å². The molecule has 14 heavy (non-hydrogen) atoms. The van der Waals surface area contributed by atoms with Crippen molar-refractivity contribution in [1.29, 1.82) is 0 Å². The van der Waals surface area contributed by atoms with Crippen molar-refractivity contribution >= 4 is 11.3 Å². The summed E-state index contributed by atoms with van der Waals surface area (Å²) in [6.45, 7) is 4.43. The fourth-order valence-electron chi connectivity index (χ4n) is 1.53. The number of hydrogen-bond donors (Lipinski definition) is 0. The number of rotatable bonds is 7. The molecule has 0 aromatic carbocycles. The van der Waals surface area contributed by atoms with E-state index in [2.05, 4.69) is 25.0 Å². The van der Waals surface area contributed by atoms with E-state index in [1.54, 1.807) is 0 Å². The predicted octanol–water partition coefficient (Wildman–Crippen LogP) is 4.22. The van der Waals surface area contributed by atoms with Crippen molar-refractivity contribution in [3.05, 3.63) is 16.1 Å². The monoisotopic (exact) mass is 211 g/mol. The van der Waals surface area contributed by atoms with Crippen LogP contribution >= 0.6 is 11.3 Å². The van der Waals surface area contributed by atoms with Crippen molar-refractivity contribution in [3.63, 3.8) is 0 Å². The molecule has 80 valence electrons. The first-order valence-electron chi connectivity index (χ1n) is 5.80. The van der Waals surface area contributed by atoms with Crippen LogP contribution in [-0.2, 0) is 12.8 Å². The normalized spacial score (nSPS) is 10.7. The van der Waals surface area contributed by atoms with E-state index < -0.39 is 0 Å². The number of unbranched alkanes of at least 4 members (excludes halogenated alkanes) is 4. The molecular weight excluding hydrogens is 190 g/mol. The summed E-state index contributed by atoms with van der Waals surface area (Å²) in [7, 11) is 0. The Morgan fingerprint density at radius 3 is 2.57 bits per heavy atom. The molecule has 0 bridgehead atoms. The Kier molecular flexibility index (Phi) is 5.85. The van der Waals surface area contributed by atoms with Gasteiger partial charge in [-0.1, -0.05) is 39.5 Å². The highest BCUT2D eigenvalue weighted by Crippen LogP contribution is 2.16. The summed E-state index contributed by atoms with van der Waals surface area (Å²) in [5, 5.41) is 1.29. The molecule has 1 heterocycles. The van der Waals surface area contributed by atoms with Crippen LogP contribution in [0.5, 0.6) is 0 Å². The number of thiazole rings is 1. The number of hydrogen-bond acceptors (Lipinski definition) is 2. The molecule has 1 aromatic heterocycles. The summed E-state index contributed by atoms with van der Waals surface area (Å²) in [6, 6.07) is 0. The number of nitrogens with zero attached hydrogens (tertiary/aromatic N) is 1.